The summed E-state index contributed by atoms with van der Waals surface area (Å²) in [6.07, 6.45) is -0.0565. The van der Waals surface area contributed by atoms with Crippen molar-refractivity contribution in [3.63, 3.8) is 0 Å². The summed E-state index contributed by atoms with van der Waals surface area (Å²) < 4.78 is 0. The zero-order valence-electron chi connectivity index (χ0n) is 11.8. The van der Waals surface area contributed by atoms with Gasteiger partial charge < -0.3 is 10.1 Å². The average Bonchev–Trinajstić information content (AvgIpc) is 2.83. The molecule has 0 unspecified atom stereocenters. The third kappa shape index (κ3) is 2.58. The summed E-state index contributed by atoms with van der Waals surface area (Å²) in [5.41, 5.74) is 4.22. The van der Waals surface area contributed by atoms with Gasteiger partial charge in [0, 0.05) is 15.4 Å². The van der Waals surface area contributed by atoms with E-state index in [0.29, 0.717) is 10.0 Å². The van der Waals surface area contributed by atoms with Crippen molar-refractivity contribution in [3.8, 4) is 11.3 Å². The number of hydrogen-bond donors (Lipinski definition) is 2. The van der Waals surface area contributed by atoms with Crippen LogP contribution in [-0.2, 0) is 11.2 Å². The maximum atomic E-state index is 11.2. The Hall–Kier alpha value is -1.97. The zero-order chi connectivity index (χ0) is 15.9. The van der Waals surface area contributed by atoms with Crippen molar-refractivity contribution in [1.29, 1.82) is 0 Å². The van der Waals surface area contributed by atoms with E-state index in [0.717, 1.165) is 33.3 Å². The first kappa shape index (κ1) is 14.9. The Morgan fingerprint density at radius 2 is 1.82 bits per heavy atom. The molecular formula is C17H13Cl2NO2. The second-order valence-electron chi connectivity index (χ2n) is 5.15. The predicted octanol–water partition coefficient (Wildman–Crippen LogP) is 5.08. The van der Waals surface area contributed by atoms with Crippen molar-refractivity contribution in [2.24, 2.45) is 0 Å². The van der Waals surface area contributed by atoms with Gasteiger partial charge in [0.2, 0.25) is 0 Å². The van der Waals surface area contributed by atoms with Gasteiger partial charge in [-0.1, -0.05) is 41.4 Å². The number of aromatic nitrogens is 1. The smallest absolute Gasteiger partial charge is 0.307 e. The molecule has 112 valence electrons. The van der Waals surface area contributed by atoms with Gasteiger partial charge in [-0.25, -0.2) is 0 Å². The molecule has 1 aromatic heterocycles. The molecule has 0 bridgehead atoms. The van der Waals surface area contributed by atoms with Gasteiger partial charge in [-0.15, -0.1) is 0 Å². The van der Waals surface area contributed by atoms with E-state index in [1.54, 1.807) is 18.2 Å². The highest BCUT2D eigenvalue weighted by Gasteiger charge is 2.17. The number of aryl methyl sites for hydroxylation is 1. The molecule has 22 heavy (non-hydrogen) atoms. The minimum Gasteiger partial charge on any atom is -0.481 e. The van der Waals surface area contributed by atoms with Gasteiger partial charge in [-0.2, -0.15) is 0 Å². The molecule has 5 heteroatoms. The second kappa shape index (κ2) is 5.67. The summed E-state index contributed by atoms with van der Waals surface area (Å²) in [5, 5.41) is 11.4. The van der Waals surface area contributed by atoms with Crippen molar-refractivity contribution in [2.75, 3.05) is 0 Å². The molecule has 0 radical (unpaired) electrons. The molecule has 2 aromatic carbocycles. The first-order chi connectivity index (χ1) is 10.5. The number of benzene rings is 2. The number of rotatable bonds is 3. The normalized spacial score (nSPS) is 11.0. The van der Waals surface area contributed by atoms with Crippen molar-refractivity contribution < 1.29 is 9.90 Å². The Morgan fingerprint density at radius 3 is 2.45 bits per heavy atom. The van der Waals surface area contributed by atoms with E-state index in [-0.39, 0.29) is 6.42 Å². The van der Waals surface area contributed by atoms with E-state index in [9.17, 15) is 9.90 Å². The van der Waals surface area contributed by atoms with Gasteiger partial charge in [0.25, 0.3) is 0 Å². The van der Waals surface area contributed by atoms with Gasteiger partial charge in [-0.3, -0.25) is 4.79 Å². The van der Waals surface area contributed by atoms with Crippen LogP contribution in [0.2, 0.25) is 10.0 Å². The third-order valence-electron chi connectivity index (χ3n) is 3.74. The zero-order valence-corrected chi connectivity index (χ0v) is 13.3. The van der Waals surface area contributed by atoms with Crippen molar-refractivity contribution >= 4 is 40.1 Å². The first-order valence-electron chi connectivity index (χ1n) is 6.74. The number of aromatic amines is 1. The lowest BCUT2D eigenvalue weighted by Crippen LogP contribution is -2.00. The topological polar surface area (TPSA) is 53.1 Å². The SMILES string of the molecule is Cc1c(Cl)ccc2c(CC(=O)O)c(-c3ccc(Cl)cc3)[nH]c12. The number of H-pyrrole nitrogens is 1. The molecule has 0 saturated heterocycles. The molecule has 0 spiro atoms. The van der Waals surface area contributed by atoms with Crippen LogP contribution in [0.3, 0.4) is 0 Å². The van der Waals surface area contributed by atoms with Crippen LogP contribution in [0.25, 0.3) is 22.2 Å². The molecule has 3 aromatic rings. The van der Waals surface area contributed by atoms with E-state index in [2.05, 4.69) is 4.98 Å². The molecule has 2 N–H and O–H groups in total. The Labute approximate surface area is 137 Å². The van der Waals surface area contributed by atoms with Gasteiger partial charge in [-0.05, 0) is 41.8 Å². The van der Waals surface area contributed by atoms with Gasteiger partial charge in [0.05, 0.1) is 17.6 Å². The summed E-state index contributed by atoms with van der Waals surface area (Å²) in [6.45, 7) is 1.91. The van der Waals surface area contributed by atoms with Gasteiger partial charge in [0.1, 0.15) is 0 Å². The number of hydrogen-bond acceptors (Lipinski definition) is 1. The fraction of sp³-hybridized carbons (Fsp3) is 0.118. The summed E-state index contributed by atoms with van der Waals surface area (Å²) in [6, 6.07) is 11.0. The number of aliphatic carboxylic acids is 1. The van der Waals surface area contributed by atoms with Crippen LogP contribution in [0.5, 0.6) is 0 Å². The van der Waals surface area contributed by atoms with E-state index in [1.165, 1.54) is 0 Å². The molecule has 0 amide bonds. The highest BCUT2D eigenvalue weighted by Crippen LogP contribution is 2.35. The molecule has 3 rings (SSSR count). The summed E-state index contributed by atoms with van der Waals surface area (Å²) in [4.78, 5) is 14.6. The van der Waals surface area contributed by atoms with Crippen LogP contribution in [0.4, 0.5) is 0 Å². The minimum atomic E-state index is -0.872. The summed E-state index contributed by atoms with van der Waals surface area (Å²) in [5.74, 6) is -0.872. The Kier molecular flexibility index (Phi) is 3.85. The Balaban J connectivity index is 2.30. The van der Waals surface area contributed by atoms with E-state index >= 15 is 0 Å². The number of carboxylic acids is 1. The number of fused-ring (bicyclic) bond motifs is 1. The van der Waals surface area contributed by atoms with Crippen LogP contribution in [0.1, 0.15) is 11.1 Å². The molecule has 0 aliphatic carbocycles. The second-order valence-corrected chi connectivity index (χ2v) is 5.99. The lowest BCUT2D eigenvalue weighted by Gasteiger charge is -2.03. The van der Waals surface area contributed by atoms with Crippen LogP contribution in [-0.4, -0.2) is 16.1 Å². The van der Waals surface area contributed by atoms with Crippen molar-refractivity contribution in [1.82, 2.24) is 4.98 Å². The quantitative estimate of drug-likeness (QED) is 0.702. The molecule has 0 aliphatic heterocycles. The van der Waals surface area contributed by atoms with Crippen LogP contribution >= 0.6 is 23.2 Å². The lowest BCUT2D eigenvalue weighted by atomic mass is 10.0. The van der Waals surface area contributed by atoms with Crippen LogP contribution in [0.15, 0.2) is 36.4 Å². The molecule has 0 saturated carbocycles. The third-order valence-corrected chi connectivity index (χ3v) is 4.40. The summed E-state index contributed by atoms with van der Waals surface area (Å²) in [7, 11) is 0. The fourth-order valence-electron chi connectivity index (χ4n) is 2.63. The monoisotopic (exact) mass is 333 g/mol. The van der Waals surface area contributed by atoms with Crippen LogP contribution in [0, 0.1) is 6.92 Å². The van der Waals surface area contributed by atoms with Gasteiger partial charge in [0.15, 0.2) is 0 Å². The van der Waals surface area contributed by atoms with E-state index < -0.39 is 5.97 Å². The number of nitrogens with one attached hydrogen (secondary N) is 1. The predicted molar refractivity (Wildman–Crippen MR) is 89.8 cm³/mol. The minimum absolute atomic E-state index is 0.0565. The molecule has 0 fully saturated rings. The van der Waals surface area contributed by atoms with E-state index in [1.807, 2.05) is 25.1 Å². The van der Waals surface area contributed by atoms with Crippen LogP contribution < -0.4 is 0 Å². The average molecular weight is 334 g/mol. The fourth-order valence-corrected chi connectivity index (χ4v) is 2.92. The first-order valence-corrected chi connectivity index (χ1v) is 7.50. The van der Waals surface area contributed by atoms with Crippen molar-refractivity contribution in [3.05, 3.63) is 57.6 Å². The molecular weight excluding hydrogens is 321 g/mol. The lowest BCUT2D eigenvalue weighted by molar-refractivity contribution is -0.136. The summed E-state index contributed by atoms with van der Waals surface area (Å²) >= 11 is 12.1. The highest BCUT2D eigenvalue weighted by atomic mass is 35.5. The van der Waals surface area contributed by atoms with E-state index in [4.69, 9.17) is 23.2 Å². The number of halogens is 2. The molecule has 3 nitrogen and oxygen atoms in total. The largest absolute Gasteiger partial charge is 0.481 e. The molecule has 0 aliphatic rings. The number of carboxylic acid groups (broad SMARTS) is 1. The maximum absolute atomic E-state index is 11.2. The van der Waals surface area contributed by atoms with Crippen molar-refractivity contribution in [2.45, 2.75) is 13.3 Å². The Morgan fingerprint density at radius 1 is 1.14 bits per heavy atom. The standard InChI is InChI=1S/C17H13Cl2NO2/c1-9-14(19)7-6-12-13(8-15(21)22)17(20-16(9)12)10-2-4-11(18)5-3-10/h2-7,20H,8H2,1H3,(H,21,22). The highest BCUT2D eigenvalue weighted by molar-refractivity contribution is 6.32. The molecule has 1 heterocycles. The number of carbonyl (C=O) groups is 1. The van der Waals surface area contributed by atoms with Gasteiger partial charge >= 0.3 is 5.97 Å². The maximum Gasteiger partial charge on any atom is 0.307 e. The Bertz CT molecular complexity index is 866. The molecule has 0 atom stereocenters.